The van der Waals surface area contributed by atoms with Gasteiger partial charge < -0.3 is 16.2 Å². The molecule has 3 rings (SSSR count). The molecule has 4 unspecified atom stereocenters. The number of hydrogen-bond donors (Lipinski definition) is 3. The summed E-state index contributed by atoms with van der Waals surface area (Å²) in [6.07, 6.45) is 2.17. The van der Waals surface area contributed by atoms with Crippen molar-refractivity contribution in [3.63, 3.8) is 0 Å². The van der Waals surface area contributed by atoms with Crippen LogP contribution in [0.15, 0.2) is 30.5 Å². The molecule has 0 aliphatic carbocycles. The average molecular weight is 485 g/mol. The minimum Gasteiger partial charge on any atom is -0.465 e. The Hall–Kier alpha value is -3.61. The maximum absolute atomic E-state index is 13.4. The third-order valence-corrected chi connectivity index (χ3v) is 7.58. The summed E-state index contributed by atoms with van der Waals surface area (Å²) in [6.45, 7) is 8.25. The summed E-state index contributed by atoms with van der Waals surface area (Å²) in [6, 6.07) is 7.30. The smallest absolute Gasteiger partial charge is 0.407 e. The van der Waals surface area contributed by atoms with Gasteiger partial charge in [0.05, 0.1) is 23.6 Å². The number of carboxylic acid groups (broad SMARTS) is 1. The molecule has 10 heteroatoms. The van der Waals surface area contributed by atoms with Crippen LogP contribution in [0.5, 0.6) is 0 Å². The quantitative estimate of drug-likeness (QED) is 0.494. The van der Waals surface area contributed by atoms with E-state index in [0.29, 0.717) is 24.9 Å². The summed E-state index contributed by atoms with van der Waals surface area (Å²) in [4.78, 5) is 26.3. The zero-order valence-corrected chi connectivity index (χ0v) is 20.5. The number of benzene rings is 1. The van der Waals surface area contributed by atoms with Gasteiger partial charge in [0.15, 0.2) is 5.82 Å². The van der Waals surface area contributed by atoms with Crippen LogP contribution in [0.4, 0.5) is 20.7 Å². The Balaban J connectivity index is 2.24. The number of halogens is 1. The second-order valence-electron chi connectivity index (χ2n) is 9.28. The van der Waals surface area contributed by atoms with Crippen molar-refractivity contribution in [3.8, 4) is 6.07 Å². The van der Waals surface area contributed by atoms with Crippen molar-refractivity contribution in [2.45, 2.75) is 58.5 Å². The van der Waals surface area contributed by atoms with E-state index in [1.807, 2.05) is 27.7 Å². The maximum atomic E-state index is 13.4. The summed E-state index contributed by atoms with van der Waals surface area (Å²) in [7, 11) is 0. The Bertz CT molecular complexity index is 1100. The zero-order valence-electron chi connectivity index (χ0n) is 20.5. The fourth-order valence-electron chi connectivity index (χ4n) is 5.63. The highest BCUT2D eigenvalue weighted by Gasteiger charge is 2.59. The molecule has 4 atom stereocenters. The highest BCUT2D eigenvalue weighted by molar-refractivity contribution is 5.98. The van der Waals surface area contributed by atoms with Crippen molar-refractivity contribution in [2.24, 2.45) is 23.5 Å². The number of nitrogens with two attached hydrogens (primary N) is 1. The second kappa shape index (κ2) is 10.3. The highest BCUT2D eigenvalue weighted by atomic mass is 19.1. The first-order chi connectivity index (χ1) is 16.6. The molecule has 1 aromatic carbocycles. The van der Waals surface area contributed by atoms with Crippen molar-refractivity contribution in [3.05, 3.63) is 41.8 Å². The molecule has 0 spiro atoms. The van der Waals surface area contributed by atoms with E-state index in [4.69, 9.17) is 5.73 Å². The average Bonchev–Trinajstić information content (AvgIpc) is 3.26. The van der Waals surface area contributed by atoms with Crippen LogP contribution < -0.4 is 11.1 Å². The first-order valence-corrected chi connectivity index (χ1v) is 11.9. The van der Waals surface area contributed by atoms with Crippen molar-refractivity contribution in [1.82, 2.24) is 14.7 Å². The minimum atomic E-state index is -1.04. The predicted molar refractivity (Wildman–Crippen MR) is 130 cm³/mol. The summed E-state index contributed by atoms with van der Waals surface area (Å²) in [5.41, 5.74) is 5.31. The number of aromatic nitrogens is 2. The van der Waals surface area contributed by atoms with Gasteiger partial charge in [0.2, 0.25) is 0 Å². The molecular formula is C25H33FN6O3. The van der Waals surface area contributed by atoms with Crippen molar-refractivity contribution >= 4 is 23.5 Å². The molecule has 1 aromatic heterocycles. The predicted octanol–water partition coefficient (Wildman–Crippen LogP) is 4.76. The van der Waals surface area contributed by atoms with Crippen LogP contribution in [0.25, 0.3) is 0 Å². The van der Waals surface area contributed by atoms with Crippen molar-refractivity contribution in [2.75, 3.05) is 11.9 Å². The molecule has 0 saturated carbocycles. The van der Waals surface area contributed by atoms with Gasteiger partial charge in [0.25, 0.3) is 5.91 Å². The SMILES string of the molecule is CCC(C)C1(C(C)CC)C(n2cc(C(N)=O)c(Nc3ccc(F)cc3)n2)C(C#N)CCN1C(=O)O. The zero-order chi connectivity index (χ0) is 25.9. The number of hydrogen-bond acceptors (Lipinski definition) is 5. The molecule has 1 aliphatic heterocycles. The molecule has 1 saturated heterocycles. The largest absolute Gasteiger partial charge is 0.465 e. The molecule has 0 bridgehead atoms. The van der Waals surface area contributed by atoms with Crippen LogP contribution >= 0.6 is 0 Å². The number of nitriles is 1. The molecular weight excluding hydrogens is 451 g/mol. The lowest BCUT2D eigenvalue weighted by Gasteiger charge is -2.58. The standard InChI is InChI=1S/C25H33FN6O3/c1-5-15(3)25(16(4)6-2)21(17(13-27)11-12-31(25)24(34)35)32-14-20(22(28)33)23(30-32)29-19-9-7-18(26)8-10-19/h7-10,14-17,21H,5-6,11-12H2,1-4H3,(H2,28,33)(H,29,30)(H,34,35). The summed E-state index contributed by atoms with van der Waals surface area (Å²) < 4.78 is 14.9. The van der Waals surface area contributed by atoms with E-state index in [9.17, 15) is 24.3 Å². The van der Waals surface area contributed by atoms with E-state index in [1.165, 1.54) is 35.4 Å². The Morgan fingerprint density at radius 3 is 2.37 bits per heavy atom. The lowest BCUT2D eigenvalue weighted by atomic mass is 9.61. The molecule has 188 valence electrons. The molecule has 4 N–H and O–H groups in total. The molecule has 9 nitrogen and oxygen atoms in total. The topological polar surface area (TPSA) is 137 Å². The van der Waals surface area contributed by atoms with Gasteiger partial charge in [-0.25, -0.2) is 9.18 Å². The van der Waals surface area contributed by atoms with E-state index in [2.05, 4.69) is 16.5 Å². The van der Waals surface area contributed by atoms with Crippen LogP contribution in [0.3, 0.4) is 0 Å². The lowest BCUT2D eigenvalue weighted by molar-refractivity contribution is -0.0804. The first-order valence-electron chi connectivity index (χ1n) is 11.9. The fraction of sp³-hybridized carbons (Fsp3) is 0.520. The monoisotopic (exact) mass is 484 g/mol. The Kier molecular flexibility index (Phi) is 7.68. The van der Waals surface area contributed by atoms with Crippen LogP contribution in [0, 0.1) is 34.9 Å². The number of primary amides is 1. The number of rotatable bonds is 8. The number of likely N-dealkylation sites (tertiary alicyclic amines) is 1. The number of piperidine rings is 1. The maximum Gasteiger partial charge on any atom is 0.407 e. The molecule has 0 radical (unpaired) electrons. The van der Waals surface area contributed by atoms with Gasteiger partial charge in [-0.2, -0.15) is 10.4 Å². The van der Waals surface area contributed by atoms with Crippen molar-refractivity contribution < 1.29 is 19.1 Å². The van der Waals surface area contributed by atoms with Gasteiger partial charge >= 0.3 is 6.09 Å². The van der Waals surface area contributed by atoms with E-state index in [1.54, 1.807) is 4.68 Å². The Morgan fingerprint density at radius 1 is 1.29 bits per heavy atom. The number of nitrogens with zero attached hydrogens (tertiary/aromatic N) is 4. The van der Waals surface area contributed by atoms with Crippen LogP contribution in [-0.2, 0) is 0 Å². The van der Waals surface area contributed by atoms with E-state index in [0.717, 1.165) is 0 Å². The van der Waals surface area contributed by atoms with Gasteiger partial charge in [-0.1, -0.05) is 40.5 Å². The summed E-state index contributed by atoms with van der Waals surface area (Å²) >= 11 is 0. The Morgan fingerprint density at radius 2 is 1.89 bits per heavy atom. The van der Waals surface area contributed by atoms with E-state index >= 15 is 0 Å². The van der Waals surface area contributed by atoms with E-state index in [-0.39, 0.29) is 29.8 Å². The number of anilines is 2. The van der Waals surface area contributed by atoms with E-state index < -0.39 is 35.3 Å². The normalized spacial score (nSPS) is 23.8. The minimum absolute atomic E-state index is 0.0978. The van der Waals surface area contributed by atoms with Gasteiger partial charge in [0.1, 0.15) is 11.4 Å². The van der Waals surface area contributed by atoms with Crippen LogP contribution in [-0.4, -0.2) is 43.9 Å². The van der Waals surface area contributed by atoms with Gasteiger partial charge in [-0.3, -0.25) is 14.4 Å². The number of carbonyl (C=O) groups excluding carboxylic acids is 1. The van der Waals surface area contributed by atoms with Gasteiger partial charge in [-0.15, -0.1) is 0 Å². The van der Waals surface area contributed by atoms with Crippen LogP contribution in [0.1, 0.15) is 63.4 Å². The summed E-state index contributed by atoms with van der Waals surface area (Å²) in [5.74, 6) is -1.72. The number of amides is 2. The molecule has 2 aromatic rings. The summed E-state index contributed by atoms with van der Waals surface area (Å²) in [5, 5.41) is 28.0. The van der Waals surface area contributed by atoms with Gasteiger partial charge in [-0.05, 0) is 42.5 Å². The third kappa shape index (κ3) is 4.55. The second-order valence-corrected chi connectivity index (χ2v) is 9.28. The Labute approximate surface area is 204 Å². The first kappa shape index (κ1) is 26.0. The fourth-order valence-corrected chi connectivity index (χ4v) is 5.63. The highest BCUT2D eigenvalue weighted by Crippen LogP contribution is 2.51. The number of nitrogens with one attached hydrogen (secondary N) is 1. The van der Waals surface area contributed by atoms with Crippen LogP contribution in [0.2, 0.25) is 0 Å². The number of carbonyl (C=O) groups is 2. The molecule has 1 fully saturated rings. The molecule has 2 amide bonds. The molecule has 1 aliphatic rings. The lowest BCUT2D eigenvalue weighted by Crippen LogP contribution is -2.68. The molecule has 35 heavy (non-hydrogen) atoms. The van der Waals surface area contributed by atoms with Gasteiger partial charge in [0, 0.05) is 18.4 Å². The molecule has 2 heterocycles. The third-order valence-electron chi connectivity index (χ3n) is 7.58. The van der Waals surface area contributed by atoms with Crippen molar-refractivity contribution in [1.29, 1.82) is 5.26 Å².